The Kier molecular flexibility index (Phi) is 10.1. The second kappa shape index (κ2) is 15.4. The monoisotopic (exact) mass is 765 g/mol. The quantitative estimate of drug-likeness (QED) is 0.145. The highest BCUT2D eigenvalue weighted by Crippen LogP contribution is 2.35. The Morgan fingerprint density at radius 2 is 1.66 bits per heavy atom. The van der Waals surface area contributed by atoms with Crippen LogP contribution >= 0.6 is 0 Å². The van der Waals surface area contributed by atoms with Gasteiger partial charge in [-0.2, -0.15) is 9.37 Å². The number of nitrogens with one attached hydrogen (secondary N) is 3. The summed E-state index contributed by atoms with van der Waals surface area (Å²) in [5.41, 5.74) is 3.28. The van der Waals surface area contributed by atoms with Crippen molar-refractivity contribution in [2.75, 3.05) is 48.3 Å². The summed E-state index contributed by atoms with van der Waals surface area (Å²) in [5.74, 6) is -3.79. The highest BCUT2D eigenvalue weighted by Gasteiger charge is 2.45. The number of piperidine rings is 2. The van der Waals surface area contributed by atoms with Crippen molar-refractivity contribution >= 4 is 53.0 Å². The molecule has 1 aromatic heterocycles. The minimum Gasteiger partial charge on any atom is -0.420 e. The molecule has 5 heterocycles. The molecule has 0 aliphatic carbocycles. The number of halogens is 2. The van der Waals surface area contributed by atoms with E-state index in [2.05, 4.69) is 40.9 Å². The SMILES string of the molecule is O=CNc1nnc(Oc2cccc(F)c2F)nc1Nc1ccc(C2CCN(CC3CCN(c4ccc5c(c4)C(=O)N(C4CCC(=O)NC4=O)C5=O)C3)CC2)cc1. The number of aromatic nitrogens is 3. The number of imide groups is 2. The lowest BCUT2D eigenvalue weighted by atomic mass is 9.89. The second-order valence-electron chi connectivity index (χ2n) is 14.3. The van der Waals surface area contributed by atoms with Crippen LogP contribution in [0.1, 0.15) is 64.3 Å². The molecule has 4 aromatic rings. The molecule has 3 N–H and O–H groups in total. The van der Waals surface area contributed by atoms with Crippen LogP contribution in [0.5, 0.6) is 11.8 Å². The lowest BCUT2D eigenvalue weighted by Gasteiger charge is -2.34. The second-order valence-corrected chi connectivity index (χ2v) is 14.3. The van der Waals surface area contributed by atoms with E-state index < -0.39 is 47.1 Å². The lowest BCUT2D eigenvalue weighted by Crippen LogP contribution is -2.54. The molecule has 0 radical (unpaired) electrons. The highest BCUT2D eigenvalue weighted by atomic mass is 19.2. The van der Waals surface area contributed by atoms with Gasteiger partial charge in [-0.05, 0) is 98.6 Å². The summed E-state index contributed by atoms with van der Waals surface area (Å²) >= 11 is 0. The van der Waals surface area contributed by atoms with Crippen molar-refractivity contribution in [1.29, 1.82) is 0 Å². The number of rotatable bonds is 11. The van der Waals surface area contributed by atoms with Crippen molar-refractivity contribution in [2.45, 2.75) is 44.1 Å². The molecular weight excluding hydrogens is 728 g/mol. The van der Waals surface area contributed by atoms with Crippen LogP contribution in [0.3, 0.4) is 0 Å². The summed E-state index contributed by atoms with van der Waals surface area (Å²) in [7, 11) is 0. The molecule has 4 aliphatic rings. The number of nitrogens with zero attached hydrogens (tertiary/aromatic N) is 6. The number of carbonyl (C=O) groups excluding carboxylic acids is 5. The van der Waals surface area contributed by atoms with Gasteiger partial charge in [0.05, 0.1) is 11.1 Å². The molecule has 5 amide bonds. The summed E-state index contributed by atoms with van der Waals surface area (Å²) in [4.78, 5) is 71.6. The van der Waals surface area contributed by atoms with Crippen molar-refractivity contribution in [3.05, 3.63) is 89.0 Å². The van der Waals surface area contributed by atoms with Gasteiger partial charge in [0.2, 0.25) is 24.0 Å². The van der Waals surface area contributed by atoms with E-state index in [1.807, 2.05) is 30.3 Å². The van der Waals surface area contributed by atoms with Crippen molar-refractivity contribution in [3.63, 3.8) is 0 Å². The molecule has 2 atom stereocenters. The van der Waals surface area contributed by atoms with Crippen LogP contribution in [0.2, 0.25) is 0 Å². The maximum absolute atomic E-state index is 14.1. The Bertz CT molecular complexity index is 2220. The third kappa shape index (κ3) is 7.36. The Hall–Kier alpha value is -6.36. The average Bonchev–Trinajstić information content (AvgIpc) is 3.76. The van der Waals surface area contributed by atoms with Crippen molar-refractivity contribution in [1.82, 2.24) is 30.3 Å². The van der Waals surface area contributed by atoms with Gasteiger partial charge in [0.15, 0.2) is 23.2 Å². The summed E-state index contributed by atoms with van der Waals surface area (Å²) in [6, 6.07) is 15.3. The van der Waals surface area contributed by atoms with Gasteiger partial charge < -0.3 is 25.2 Å². The van der Waals surface area contributed by atoms with Gasteiger partial charge in [-0.1, -0.05) is 23.3 Å². The molecule has 4 aliphatic heterocycles. The molecule has 0 spiro atoms. The fourth-order valence-electron chi connectivity index (χ4n) is 7.92. The first-order chi connectivity index (χ1) is 27.1. The van der Waals surface area contributed by atoms with E-state index in [1.165, 1.54) is 17.7 Å². The minimum atomic E-state index is -1.19. The molecule has 8 rings (SSSR count). The zero-order valence-electron chi connectivity index (χ0n) is 30.0. The summed E-state index contributed by atoms with van der Waals surface area (Å²) in [5, 5.41) is 15.4. The zero-order valence-corrected chi connectivity index (χ0v) is 30.0. The van der Waals surface area contributed by atoms with Gasteiger partial charge in [0.1, 0.15) is 6.04 Å². The first kappa shape index (κ1) is 36.6. The smallest absolute Gasteiger partial charge is 0.343 e. The van der Waals surface area contributed by atoms with E-state index in [9.17, 15) is 32.8 Å². The topological polar surface area (TPSA) is 179 Å². The maximum Gasteiger partial charge on any atom is 0.343 e. The van der Waals surface area contributed by atoms with Gasteiger partial charge in [-0.15, -0.1) is 5.10 Å². The number of amides is 5. The molecule has 3 saturated heterocycles. The van der Waals surface area contributed by atoms with E-state index >= 15 is 0 Å². The first-order valence-corrected chi connectivity index (χ1v) is 18.4. The number of hydrogen-bond donors (Lipinski definition) is 3. The van der Waals surface area contributed by atoms with Crippen molar-refractivity contribution in [3.8, 4) is 11.8 Å². The van der Waals surface area contributed by atoms with Gasteiger partial charge in [0.25, 0.3) is 11.8 Å². The Morgan fingerprint density at radius 3 is 2.43 bits per heavy atom. The predicted molar refractivity (Wildman–Crippen MR) is 198 cm³/mol. The molecule has 56 heavy (non-hydrogen) atoms. The first-order valence-electron chi connectivity index (χ1n) is 18.4. The number of carbonyl (C=O) groups is 5. The third-order valence-corrected chi connectivity index (χ3v) is 10.8. The zero-order chi connectivity index (χ0) is 38.9. The average molecular weight is 766 g/mol. The number of hydrogen-bond acceptors (Lipinski definition) is 12. The van der Waals surface area contributed by atoms with Crippen molar-refractivity contribution < 1.29 is 37.5 Å². The summed E-state index contributed by atoms with van der Waals surface area (Å²) in [6.45, 7) is 4.52. The standard InChI is InChI=1S/C39H37F2N9O6/c40-29-2-1-3-31(33(29)41)56-39-45-35(34(42-21-51)46-47-39)43-25-6-4-23(5-7-25)24-13-15-48(16-14-24)19-22-12-17-49(20-22)26-8-9-27-28(18-26)38(55)50(37(27)54)30-10-11-32(52)44-36(30)53/h1-9,18,21-22,24,30H,10-17,19-20H2,(H,42,46,51)(H,43,45,47)(H,44,52,53). The number of anilines is 4. The molecule has 17 heteroatoms. The van der Waals surface area contributed by atoms with Crippen LogP contribution in [0.4, 0.5) is 31.8 Å². The van der Waals surface area contributed by atoms with E-state index in [0.717, 1.165) is 68.6 Å². The lowest BCUT2D eigenvalue weighted by molar-refractivity contribution is -0.136. The van der Waals surface area contributed by atoms with Crippen LogP contribution in [0.15, 0.2) is 60.7 Å². The highest BCUT2D eigenvalue weighted by molar-refractivity contribution is 6.23. The molecule has 3 aromatic carbocycles. The molecule has 2 unspecified atom stereocenters. The van der Waals surface area contributed by atoms with Crippen LogP contribution in [-0.4, -0.2) is 93.8 Å². The van der Waals surface area contributed by atoms with Gasteiger partial charge in [-0.25, -0.2) is 4.39 Å². The Morgan fingerprint density at radius 1 is 0.875 bits per heavy atom. The van der Waals surface area contributed by atoms with E-state index in [4.69, 9.17) is 4.74 Å². The molecule has 3 fully saturated rings. The fraction of sp³-hybridized carbons (Fsp3) is 0.333. The Balaban J connectivity index is 0.836. The van der Waals surface area contributed by atoms with Crippen LogP contribution in [0.25, 0.3) is 0 Å². The normalized spacial score (nSPS) is 20.2. The fourth-order valence-corrected chi connectivity index (χ4v) is 7.92. The molecule has 0 saturated carbocycles. The number of likely N-dealkylation sites (tertiary alicyclic amines) is 1. The minimum absolute atomic E-state index is 0.0196. The van der Waals surface area contributed by atoms with E-state index in [-0.39, 0.29) is 41.6 Å². The number of benzene rings is 3. The summed E-state index contributed by atoms with van der Waals surface area (Å²) < 4.78 is 33.1. The van der Waals surface area contributed by atoms with Gasteiger partial charge >= 0.3 is 6.01 Å². The van der Waals surface area contributed by atoms with Crippen molar-refractivity contribution in [2.24, 2.45) is 5.92 Å². The molecule has 288 valence electrons. The molecule has 0 bridgehead atoms. The number of fused-ring (bicyclic) bond motifs is 1. The van der Waals surface area contributed by atoms with E-state index in [0.29, 0.717) is 23.9 Å². The largest absolute Gasteiger partial charge is 0.420 e. The summed E-state index contributed by atoms with van der Waals surface area (Å²) in [6.07, 6.45) is 3.61. The van der Waals surface area contributed by atoms with Gasteiger partial charge in [-0.3, -0.25) is 34.2 Å². The van der Waals surface area contributed by atoms with E-state index in [1.54, 1.807) is 12.1 Å². The van der Waals surface area contributed by atoms with Crippen LogP contribution in [0, 0.1) is 17.6 Å². The third-order valence-electron chi connectivity index (χ3n) is 10.8. The molecular formula is C39H37F2N9O6. The number of ether oxygens (including phenoxy) is 1. The van der Waals surface area contributed by atoms with Gasteiger partial charge in [0, 0.05) is 37.4 Å². The molecule has 15 nitrogen and oxygen atoms in total. The predicted octanol–water partition coefficient (Wildman–Crippen LogP) is 4.36. The Labute approximate surface area is 319 Å². The van der Waals surface area contributed by atoms with Crippen LogP contribution < -0.4 is 25.6 Å². The maximum atomic E-state index is 14.1. The van der Waals surface area contributed by atoms with Crippen LogP contribution in [-0.2, 0) is 14.4 Å².